The van der Waals surface area contributed by atoms with Crippen LogP contribution in [-0.2, 0) is 36.6 Å². The molecule has 0 saturated carbocycles. The van der Waals surface area contributed by atoms with Crippen molar-refractivity contribution in [1.82, 2.24) is 4.98 Å². The minimum atomic E-state index is -4.90. The first-order chi connectivity index (χ1) is 28.0. The van der Waals surface area contributed by atoms with Gasteiger partial charge in [0.05, 0.1) is 22.5 Å². The van der Waals surface area contributed by atoms with Crippen LogP contribution in [0.15, 0.2) is 83.3 Å². The maximum atomic E-state index is 14.5. The molecule has 0 radical (unpaired) electrons. The molecular formula is C45H40F4N4O5. The number of rotatable bonds is 8. The van der Waals surface area contributed by atoms with Gasteiger partial charge >= 0.3 is 6.18 Å². The fourth-order valence-electron chi connectivity index (χ4n) is 8.79. The Bertz CT molecular complexity index is 2430. The number of furan rings is 1. The van der Waals surface area contributed by atoms with E-state index in [0.29, 0.717) is 52.6 Å². The lowest BCUT2D eigenvalue weighted by Gasteiger charge is -2.53. The fourth-order valence-corrected chi connectivity index (χ4v) is 8.79. The van der Waals surface area contributed by atoms with Crippen LogP contribution in [0, 0.1) is 11.2 Å². The molecule has 9 nitrogen and oxygen atoms in total. The Balaban J connectivity index is 0.885. The largest absolute Gasteiger partial charge is 0.451 e. The van der Waals surface area contributed by atoms with Crippen molar-refractivity contribution >= 4 is 34.8 Å². The van der Waals surface area contributed by atoms with E-state index >= 15 is 0 Å². The van der Waals surface area contributed by atoms with Crippen molar-refractivity contribution in [2.75, 3.05) is 48.0 Å². The lowest BCUT2D eigenvalue weighted by Crippen LogP contribution is -2.59. The summed E-state index contributed by atoms with van der Waals surface area (Å²) in [7, 11) is 0. The minimum Gasteiger partial charge on any atom is -0.451 e. The highest BCUT2D eigenvalue weighted by molar-refractivity contribution is 6.09. The third kappa shape index (κ3) is 7.05. The number of para-hydroxylation sites is 2. The molecular weight excluding hydrogens is 753 g/mol. The summed E-state index contributed by atoms with van der Waals surface area (Å²) >= 11 is 0. The van der Waals surface area contributed by atoms with Gasteiger partial charge in [-0.2, -0.15) is 13.2 Å². The summed E-state index contributed by atoms with van der Waals surface area (Å²) in [5.41, 5.74) is 3.89. The Kier molecular flexibility index (Phi) is 9.66. The van der Waals surface area contributed by atoms with Gasteiger partial charge in [-0.15, -0.1) is 0 Å². The summed E-state index contributed by atoms with van der Waals surface area (Å²) in [6.07, 6.45) is 1.18. The van der Waals surface area contributed by atoms with Crippen LogP contribution < -0.4 is 15.1 Å². The molecule has 3 aromatic carbocycles. The third-order valence-electron chi connectivity index (χ3n) is 12.0. The molecule has 5 aromatic rings. The number of anilines is 3. The van der Waals surface area contributed by atoms with E-state index in [0.717, 1.165) is 87.6 Å². The summed E-state index contributed by atoms with van der Waals surface area (Å²) < 4.78 is 66.7. The van der Waals surface area contributed by atoms with Gasteiger partial charge in [-0.05, 0) is 105 Å². The van der Waals surface area contributed by atoms with Gasteiger partial charge in [0.1, 0.15) is 17.4 Å². The number of halogens is 4. The van der Waals surface area contributed by atoms with Crippen LogP contribution in [0.5, 0.6) is 0 Å². The lowest BCUT2D eigenvalue weighted by atomic mass is 9.73. The topological polar surface area (TPSA) is 105 Å². The molecule has 5 heterocycles. The van der Waals surface area contributed by atoms with Gasteiger partial charge in [-0.25, -0.2) is 9.37 Å². The number of hydrogen-bond donors (Lipinski definition) is 1. The number of amides is 2. The van der Waals surface area contributed by atoms with Gasteiger partial charge < -0.3 is 24.3 Å². The van der Waals surface area contributed by atoms with Gasteiger partial charge in [-0.3, -0.25) is 14.4 Å². The molecule has 1 aliphatic carbocycles. The van der Waals surface area contributed by atoms with Crippen LogP contribution in [0.25, 0.3) is 11.3 Å². The van der Waals surface area contributed by atoms with Crippen molar-refractivity contribution in [2.24, 2.45) is 5.41 Å². The first-order valence-corrected chi connectivity index (χ1v) is 19.7. The van der Waals surface area contributed by atoms with E-state index in [1.807, 2.05) is 17.4 Å². The number of Topliss-reactive ketones (excluding diaryl/α,β-unsaturated/α-hetero) is 1. The van der Waals surface area contributed by atoms with E-state index in [1.165, 1.54) is 11.6 Å². The lowest BCUT2D eigenvalue weighted by molar-refractivity contribution is -0.137. The molecule has 3 aliphatic heterocycles. The Morgan fingerprint density at radius 1 is 0.879 bits per heavy atom. The molecule has 9 rings (SSSR count). The van der Waals surface area contributed by atoms with E-state index in [1.54, 1.807) is 41.3 Å². The number of ketones is 1. The van der Waals surface area contributed by atoms with E-state index in [-0.39, 0.29) is 35.8 Å². The molecule has 2 saturated heterocycles. The first kappa shape index (κ1) is 37.7. The van der Waals surface area contributed by atoms with Crippen molar-refractivity contribution in [3.8, 4) is 11.3 Å². The molecule has 0 bridgehead atoms. The monoisotopic (exact) mass is 792 g/mol. The zero-order valence-corrected chi connectivity index (χ0v) is 31.6. The Hall–Kier alpha value is -5.82. The number of benzene rings is 3. The molecule has 298 valence electrons. The molecule has 13 heteroatoms. The quantitative estimate of drug-likeness (QED) is 0.124. The number of aryl methyl sites for hydroxylation is 3. The number of nitrogens with zero attached hydrogens (tertiary/aromatic N) is 3. The minimum absolute atomic E-state index is 0.0576. The van der Waals surface area contributed by atoms with Crippen molar-refractivity contribution in [1.29, 1.82) is 0 Å². The van der Waals surface area contributed by atoms with Crippen molar-refractivity contribution < 1.29 is 41.1 Å². The van der Waals surface area contributed by atoms with Crippen LogP contribution in [0.2, 0.25) is 0 Å². The standard InChI is InChI=1S/C45H40F4N4O5/c46-34-8-4-7-33(45(47,48)49)39(34)51-42(55)38-24-30-17-20-53(36-10-2-1-6-31(36)40(30)58-38)43(56)28-14-11-27(12-15-28)13-16-37(54)32-23-29-5-3-9-35(29)50-41(32)52-25-44(26-52)18-21-57-22-19-44/h1-2,4,6-8,10-12,14-15,23-24H,3,5,9,13,16-22,25-26H2,(H,51,55). The summed E-state index contributed by atoms with van der Waals surface area (Å²) in [4.78, 5) is 49.9. The van der Waals surface area contributed by atoms with Crippen molar-refractivity contribution in [3.05, 3.63) is 130 Å². The number of fused-ring (bicyclic) bond motifs is 4. The van der Waals surface area contributed by atoms with E-state index in [4.69, 9.17) is 14.1 Å². The van der Waals surface area contributed by atoms with Gasteiger partial charge in [0.15, 0.2) is 11.5 Å². The normalized spacial score (nSPS) is 16.9. The zero-order chi connectivity index (χ0) is 40.2. The number of aromatic nitrogens is 1. The Labute approximate surface area is 332 Å². The van der Waals surface area contributed by atoms with Gasteiger partial charge in [0.2, 0.25) is 0 Å². The average Bonchev–Trinajstić information content (AvgIpc) is 3.83. The highest BCUT2D eigenvalue weighted by Gasteiger charge is 2.45. The molecule has 0 atom stereocenters. The van der Waals surface area contributed by atoms with Crippen LogP contribution in [0.3, 0.4) is 0 Å². The maximum Gasteiger partial charge on any atom is 0.418 e. The maximum absolute atomic E-state index is 14.5. The number of carbonyl (C=O) groups is 3. The van der Waals surface area contributed by atoms with Gasteiger partial charge in [-0.1, -0.05) is 30.3 Å². The highest BCUT2D eigenvalue weighted by Crippen LogP contribution is 2.44. The smallest absolute Gasteiger partial charge is 0.418 e. The number of nitrogens with one attached hydrogen (secondary N) is 1. The molecule has 1 N–H and O–H groups in total. The number of carbonyl (C=O) groups excluding carboxylic acids is 3. The van der Waals surface area contributed by atoms with Gasteiger partial charge in [0.25, 0.3) is 11.8 Å². The van der Waals surface area contributed by atoms with Crippen LogP contribution in [0.4, 0.5) is 34.8 Å². The van der Waals surface area contributed by atoms with Crippen molar-refractivity contribution in [2.45, 2.75) is 57.5 Å². The predicted molar refractivity (Wildman–Crippen MR) is 209 cm³/mol. The molecule has 58 heavy (non-hydrogen) atoms. The molecule has 1 spiro atoms. The summed E-state index contributed by atoms with van der Waals surface area (Å²) in [5.74, 6) is -1.67. The summed E-state index contributed by atoms with van der Waals surface area (Å²) in [6.45, 7) is 3.57. The molecule has 2 fully saturated rings. The van der Waals surface area contributed by atoms with Crippen LogP contribution in [-0.4, -0.2) is 55.4 Å². The third-order valence-corrected chi connectivity index (χ3v) is 12.0. The summed E-state index contributed by atoms with van der Waals surface area (Å²) in [6, 6.07) is 20.2. The highest BCUT2D eigenvalue weighted by atomic mass is 19.4. The van der Waals surface area contributed by atoms with E-state index in [9.17, 15) is 31.9 Å². The molecule has 2 amide bonds. The SMILES string of the molecule is O=C(Nc1c(F)cccc1C(F)(F)F)c1cc2c(o1)-c1ccccc1N(C(=O)c1ccc(CCC(=O)c3cc4c(nc3N3CC5(CCOCC5)C3)CCC4)cc1)CC2. The second-order valence-electron chi connectivity index (χ2n) is 15.7. The van der Waals surface area contributed by atoms with Crippen molar-refractivity contribution in [3.63, 3.8) is 0 Å². The van der Waals surface area contributed by atoms with Crippen LogP contribution >= 0.6 is 0 Å². The number of pyridine rings is 1. The number of alkyl halides is 3. The second kappa shape index (κ2) is 14.8. The Morgan fingerprint density at radius 3 is 2.43 bits per heavy atom. The van der Waals surface area contributed by atoms with Gasteiger partial charge in [0, 0.05) is 67.1 Å². The summed E-state index contributed by atoms with van der Waals surface area (Å²) in [5, 5.41) is 2.04. The van der Waals surface area contributed by atoms with Crippen LogP contribution in [0.1, 0.15) is 84.9 Å². The van der Waals surface area contributed by atoms with E-state index < -0.39 is 29.2 Å². The zero-order valence-electron chi connectivity index (χ0n) is 31.6. The van der Waals surface area contributed by atoms with E-state index in [2.05, 4.69) is 11.0 Å². The number of hydrogen-bond acceptors (Lipinski definition) is 7. The predicted octanol–water partition coefficient (Wildman–Crippen LogP) is 8.88. The second-order valence-corrected chi connectivity index (χ2v) is 15.7. The molecule has 2 aromatic heterocycles. The number of ether oxygens (including phenoxy) is 1. The molecule has 4 aliphatic rings. The average molecular weight is 793 g/mol. The molecule has 0 unspecified atom stereocenters. The Morgan fingerprint density at radius 2 is 1.66 bits per heavy atom. The first-order valence-electron chi connectivity index (χ1n) is 19.7. The fraction of sp³-hybridized carbons (Fsp3) is 0.333.